The molecule has 0 aromatic heterocycles. The molecule has 1 N–H and O–H groups in total. The molecule has 0 spiro atoms. The van der Waals surface area contributed by atoms with Gasteiger partial charge < -0.3 is 10.2 Å². The minimum absolute atomic E-state index is 0.0967. The Morgan fingerprint density at radius 2 is 2.00 bits per heavy atom. The van der Waals surface area contributed by atoms with E-state index in [1.54, 1.807) is 0 Å². The molecule has 1 saturated heterocycles. The van der Waals surface area contributed by atoms with Gasteiger partial charge in [0.05, 0.1) is 5.54 Å². The van der Waals surface area contributed by atoms with Crippen LogP contribution in [0.4, 0.5) is 4.79 Å². The largest absolute Gasteiger partial charge is 0.328 e. The number of hydrogen-bond acceptors (Lipinski definition) is 1. The second kappa shape index (κ2) is 5.70. The molecule has 1 heterocycles. The highest BCUT2D eigenvalue weighted by atomic mass is 16.2. The zero-order chi connectivity index (χ0) is 14.9. The SMILES string of the molecule is CCC1CCCCN1C(=O)NC1(c2ccc(C)cc2)CC1. The number of benzene rings is 1. The van der Waals surface area contributed by atoms with Crippen LogP contribution in [0.15, 0.2) is 24.3 Å². The lowest BCUT2D eigenvalue weighted by atomic mass is 10.00. The van der Waals surface area contributed by atoms with Crippen molar-refractivity contribution in [3.05, 3.63) is 35.4 Å². The minimum atomic E-state index is -0.0967. The average Bonchev–Trinajstić information content (AvgIpc) is 3.28. The molecule has 0 radical (unpaired) electrons. The Bertz CT molecular complexity index is 504. The Kier molecular flexibility index (Phi) is 3.92. The first kappa shape index (κ1) is 14.4. The number of nitrogens with one attached hydrogen (secondary N) is 1. The molecule has 1 aromatic rings. The smallest absolute Gasteiger partial charge is 0.318 e. The second-order valence-electron chi connectivity index (χ2n) is 6.63. The van der Waals surface area contributed by atoms with Crippen LogP contribution < -0.4 is 5.32 Å². The third-order valence-corrected chi connectivity index (χ3v) is 5.06. The lowest BCUT2D eigenvalue weighted by Gasteiger charge is -2.36. The Labute approximate surface area is 127 Å². The average molecular weight is 286 g/mol. The van der Waals surface area contributed by atoms with E-state index in [2.05, 4.69) is 48.3 Å². The topological polar surface area (TPSA) is 32.3 Å². The number of likely N-dealkylation sites (tertiary alicyclic amines) is 1. The number of amides is 2. The molecule has 1 aliphatic carbocycles. The van der Waals surface area contributed by atoms with Gasteiger partial charge in [0.15, 0.2) is 0 Å². The molecule has 1 unspecified atom stereocenters. The summed E-state index contributed by atoms with van der Waals surface area (Å²) in [5.41, 5.74) is 2.43. The fraction of sp³-hybridized carbons (Fsp3) is 0.611. The molecule has 1 aliphatic heterocycles. The first-order valence-corrected chi connectivity index (χ1v) is 8.30. The van der Waals surface area contributed by atoms with Crippen LogP contribution >= 0.6 is 0 Å². The highest BCUT2D eigenvalue weighted by Crippen LogP contribution is 2.45. The zero-order valence-electron chi connectivity index (χ0n) is 13.2. The van der Waals surface area contributed by atoms with E-state index in [0.717, 1.165) is 38.6 Å². The molecule has 1 aromatic carbocycles. The van der Waals surface area contributed by atoms with Crippen LogP contribution in [0, 0.1) is 6.92 Å². The van der Waals surface area contributed by atoms with Crippen LogP contribution in [0.3, 0.4) is 0 Å². The van der Waals surface area contributed by atoms with Gasteiger partial charge in [0.1, 0.15) is 0 Å². The van der Waals surface area contributed by atoms with Crippen molar-refractivity contribution < 1.29 is 4.79 Å². The summed E-state index contributed by atoms with van der Waals surface area (Å²) >= 11 is 0. The number of carbonyl (C=O) groups is 1. The lowest BCUT2D eigenvalue weighted by molar-refractivity contribution is 0.144. The van der Waals surface area contributed by atoms with E-state index in [1.807, 2.05) is 0 Å². The van der Waals surface area contributed by atoms with Crippen LogP contribution in [0.5, 0.6) is 0 Å². The van der Waals surface area contributed by atoms with Crippen molar-refractivity contribution in [3.63, 3.8) is 0 Å². The van der Waals surface area contributed by atoms with Gasteiger partial charge in [0.25, 0.3) is 0 Å². The quantitative estimate of drug-likeness (QED) is 0.896. The summed E-state index contributed by atoms with van der Waals surface area (Å²) < 4.78 is 0. The number of nitrogens with zero attached hydrogens (tertiary/aromatic N) is 1. The number of hydrogen-bond donors (Lipinski definition) is 1. The van der Waals surface area contributed by atoms with Crippen molar-refractivity contribution in [1.82, 2.24) is 10.2 Å². The van der Waals surface area contributed by atoms with E-state index in [0.29, 0.717) is 6.04 Å². The van der Waals surface area contributed by atoms with Gasteiger partial charge in [-0.1, -0.05) is 36.8 Å². The van der Waals surface area contributed by atoms with Gasteiger partial charge in [0, 0.05) is 12.6 Å². The van der Waals surface area contributed by atoms with Gasteiger partial charge in [-0.2, -0.15) is 0 Å². The van der Waals surface area contributed by atoms with E-state index in [1.165, 1.54) is 17.5 Å². The zero-order valence-corrected chi connectivity index (χ0v) is 13.2. The summed E-state index contributed by atoms with van der Waals surface area (Å²) in [5, 5.41) is 3.32. The van der Waals surface area contributed by atoms with Gasteiger partial charge in [-0.25, -0.2) is 4.79 Å². The Balaban J connectivity index is 1.70. The number of aryl methyl sites for hydroxylation is 1. The third-order valence-electron chi connectivity index (χ3n) is 5.06. The van der Waals surface area contributed by atoms with E-state index in [-0.39, 0.29) is 11.6 Å². The standard InChI is InChI=1S/C18H26N2O/c1-3-16-6-4-5-13-20(16)17(21)19-18(11-12-18)15-9-7-14(2)8-10-15/h7-10,16H,3-6,11-13H2,1-2H3,(H,19,21). The van der Waals surface area contributed by atoms with Crippen molar-refractivity contribution in [2.45, 2.75) is 64.0 Å². The summed E-state index contributed by atoms with van der Waals surface area (Å²) in [6, 6.07) is 9.16. The molecule has 2 fully saturated rings. The molecule has 1 atom stereocenters. The third kappa shape index (κ3) is 2.92. The summed E-state index contributed by atoms with van der Waals surface area (Å²) in [6.07, 6.45) is 6.73. The van der Waals surface area contributed by atoms with Gasteiger partial charge in [0.2, 0.25) is 0 Å². The van der Waals surface area contributed by atoms with Crippen LogP contribution in [-0.2, 0) is 5.54 Å². The lowest BCUT2D eigenvalue weighted by Crippen LogP contribution is -2.51. The van der Waals surface area contributed by atoms with Crippen LogP contribution in [0.25, 0.3) is 0 Å². The predicted molar refractivity (Wildman–Crippen MR) is 85.3 cm³/mol. The molecule has 2 amide bonds. The summed E-state index contributed by atoms with van der Waals surface area (Å²) in [7, 11) is 0. The normalized spacial score (nSPS) is 23.7. The summed E-state index contributed by atoms with van der Waals surface area (Å²) in [5.74, 6) is 0. The molecule has 1 saturated carbocycles. The molecule has 0 bridgehead atoms. The van der Waals surface area contributed by atoms with Crippen LogP contribution in [0.1, 0.15) is 56.6 Å². The van der Waals surface area contributed by atoms with E-state index in [4.69, 9.17) is 0 Å². The maximum absolute atomic E-state index is 12.7. The fourth-order valence-corrected chi connectivity index (χ4v) is 3.45. The Morgan fingerprint density at radius 3 is 2.62 bits per heavy atom. The van der Waals surface area contributed by atoms with Gasteiger partial charge >= 0.3 is 6.03 Å². The van der Waals surface area contributed by atoms with Crippen molar-refractivity contribution >= 4 is 6.03 Å². The van der Waals surface area contributed by atoms with Crippen molar-refractivity contribution in [3.8, 4) is 0 Å². The number of carbonyl (C=O) groups excluding carboxylic acids is 1. The number of piperidine rings is 1. The predicted octanol–water partition coefficient (Wildman–Crippen LogP) is 3.96. The molecule has 3 heteroatoms. The highest BCUT2D eigenvalue weighted by molar-refractivity contribution is 5.76. The van der Waals surface area contributed by atoms with E-state index in [9.17, 15) is 4.79 Å². The highest BCUT2D eigenvalue weighted by Gasteiger charge is 2.46. The molecule has 2 aliphatic rings. The maximum Gasteiger partial charge on any atom is 0.318 e. The second-order valence-corrected chi connectivity index (χ2v) is 6.63. The fourth-order valence-electron chi connectivity index (χ4n) is 3.45. The first-order chi connectivity index (χ1) is 10.1. The van der Waals surface area contributed by atoms with E-state index >= 15 is 0 Å². The molecule has 114 valence electrons. The molecule has 21 heavy (non-hydrogen) atoms. The van der Waals surface area contributed by atoms with Crippen LogP contribution in [-0.4, -0.2) is 23.5 Å². The summed E-state index contributed by atoms with van der Waals surface area (Å²) in [4.78, 5) is 14.7. The first-order valence-electron chi connectivity index (χ1n) is 8.30. The van der Waals surface area contributed by atoms with Gasteiger partial charge in [-0.05, 0) is 51.0 Å². The van der Waals surface area contributed by atoms with Gasteiger partial charge in [-0.15, -0.1) is 0 Å². The molecular formula is C18H26N2O. The van der Waals surface area contributed by atoms with E-state index < -0.39 is 0 Å². The number of urea groups is 1. The monoisotopic (exact) mass is 286 g/mol. The molecule has 3 nitrogen and oxygen atoms in total. The molecular weight excluding hydrogens is 260 g/mol. The van der Waals surface area contributed by atoms with Crippen molar-refractivity contribution in [2.75, 3.05) is 6.54 Å². The van der Waals surface area contributed by atoms with Crippen LogP contribution in [0.2, 0.25) is 0 Å². The molecule has 3 rings (SSSR count). The number of rotatable bonds is 3. The Morgan fingerprint density at radius 1 is 1.29 bits per heavy atom. The minimum Gasteiger partial charge on any atom is -0.328 e. The van der Waals surface area contributed by atoms with Gasteiger partial charge in [-0.3, -0.25) is 0 Å². The summed E-state index contributed by atoms with van der Waals surface area (Å²) in [6.45, 7) is 5.19. The maximum atomic E-state index is 12.7. The Hall–Kier alpha value is -1.51. The van der Waals surface area contributed by atoms with Crippen molar-refractivity contribution in [1.29, 1.82) is 0 Å². The van der Waals surface area contributed by atoms with Crippen molar-refractivity contribution in [2.24, 2.45) is 0 Å².